The molecule has 0 bridgehead atoms. The van der Waals surface area contributed by atoms with E-state index < -0.39 is 0 Å². The summed E-state index contributed by atoms with van der Waals surface area (Å²) in [4.78, 5) is 19.2. The van der Waals surface area contributed by atoms with Crippen LogP contribution in [0.3, 0.4) is 0 Å². The van der Waals surface area contributed by atoms with Gasteiger partial charge in [-0.2, -0.15) is 4.98 Å². The number of aromatic nitrogens is 2. The lowest BCUT2D eigenvalue weighted by Crippen LogP contribution is -2.34. The van der Waals surface area contributed by atoms with Gasteiger partial charge in [0.15, 0.2) is 23.9 Å². The predicted octanol–water partition coefficient (Wildman–Crippen LogP) is 3.40. The van der Waals surface area contributed by atoms with Crippen molar-refractivity contribution in [1.82, 2.24) is 15.0 Å². The molecule has 148 valence electrons. The number of amides is 1. The largest absolute Gasteiger partial charge is 0.483 e. The number of likely N-dealkylation sites (tertiary alicyclic amines) is 1. The summed E-state index contributed by atoms with van der Waals surface area (Å²) in [5.41, 5.74) is 0.871. The van der Waals surface area contributed by atoms with E-state index in [4.69, 9.17) is 14.0 Å². The quantitative estimate of drug-likeness (QED) is 0.787. The molecule has 1 saturated heterocycles. The maximum atomic E-state index is 12.9. The summed E-state index contributed by atoms with van der Waals surface area (Å²) in [6, 6.07) is 5.70. The van der Waals surface area contributed by atoms with Crippen LogP contribution in [-0.2, 0) is 11.2 Å². The van der Waals surface area contributed by atoms with Crippen molar-refractivity contribution in [3.63, 3.8) is 0 Å². The number of benzene rings is 1. The molecule has 2 aliphatic heterocycles. The van der Waals surface area contributed by atoms with Gasteiger partial charge in [-0.3, -0.25) is 4.79 Å². The van der Waals surface area contributed by atoms with Crippen LogP contribution in [0.25, 0.3) is 0 Å². The molecule has 1 amide bonds. The normalized spacial score (nSPS) is 22.8. The van der Waals surface area contributed by atoms with Crippen molar-refractivity contribution in [2.24, 2.45) is 0 Å². The first-order valence-electron chi connectivity index (χ1n) is 10.1. The van der Waals surface area contributed by atoms with Gasteiger partial charge in [0.05, 0.1) is 0 Å². The number of para-hydroxylation sites is 1. The van der Waals surface area contributed by atoms with Gasteiger partial charge in [0, 0.05) is 24.4 Å². The van der Waals surface area contributed by atoms with Gasteiger partial charge in [0.25, 0.3) is 5.91 Å². The lowest BCUT2D eigenvalue weighted by atomic mass is 10.0. The van der Waals surface area contributed by atoms with E-state index in [1.165, 1.54) is 0 Å². The van der Waals surface area contributed by atoms with E-state index in [9.17, 15) is 4.79 Å². The van der Waals surface area contributed by atoms with Crippen LogP contribution in [0.1, 0.15) is 68.8 Å². The summed E-state index contributed by atoms with van der Waals surface area (Å²) in [7, 11) is 0. The monoisotopic (exact) mass is 383 g/mol. The van der Waals surface area contributed by atoms with Gasteiger partial charge in [-0.25, -0.2) is 0 Å². The molecule has 3 aliphatic rings. The van der Waals surface area contributed by atoms with Gasteiger partial charge < -0.3 is 18.9 Å². The molecule has 2 aromatic rings. The van der Waals surface area contributed by atoms with E-state index in [0.29, 0.717) is 24.1 Å². The van der Waals surface area contributed by atoms with Crippen molar-refractivity contribution in [3.8, 4) is 11.5 Å². The van der Waals surface area contributed by atoms with Crippen LogP contribution in [0.4, 0.5) is 0 Å². The molecule has 28 heavy (non-hydrogen) atoms. The van der Waals surface area contributed by atoms with E-state index in [-0.39, 0.29) is 24.2 Å². The zero-order valence-corrected chi connectivity index (χ0v) is 16.3. The van der Waals surface area contributed by atoms with Crippen LogP contribution in [0.2, 0.25) is 0 Å². The number of hydrogen-bond donors (Lipinski definition) is 0. The van der Waals surface area contributed by atoms with Crippen molar-refractivity contribution in [3.05, 3.63) is 35.5 Å². The highest BCUT2D eigenvalue weighted by Crippen LogP contribution is 2.42. The number of fused-ring (bicyclic) bond motifs is 1. The Hall–Kier alpha value is -2.57. The highest BCUT2D eigenvalue weighted by atomic mass is 16.5. The van der Waals surface area contributed by atoms with Crippen LogP contribution in [0.15, 0.2) is 22.7 Å². The summed E-state index contributed by atoms with van der Waals surface area (Å²) in [6.07, 6.45) is 4.86. The molecule has 5 rings (SSSR count). The first-order valence-corrected chi connectivity index (χ1v) is 10.1. The molecule has 0 spiro atoms. The smallest absolute Gasteiger partial charge is 0.261 e. The maximum absolute atomic E-state index is 12.9. The number of carbonyl (C=O) groups excluding carboxylic acids is 1. The van der Waals surface area contributed by atoms with Crippen LogP contribution in [0, 0.1) is 0 Å². The first-order chi connectivity index (χ1) is 13.5. The zero-order valence-electron chi connectivity index (χ0n) is 16.3. The highest BCUT2D eigenvalue weighted by Gasteiger charge is 2.37. The minimum atomic E-state index is -0.247. The van der Waals surface area contributed by atoms with Crippen molar-refractivity contribution in [2.75, 3.05) is 13.2 Å². The van der Waals surface area contributed by atoms with E-state index >= 15 is 0 Å². The minimum Gasteiger partial charge on any atom is -0.483 e. The Balaban J connectivity index is 1.26. The Bertz CT molecular complexity index is 903. The van der Waals surface area contributed by atoms with E-state index in [1.807, 2.05) is 18.2 Å². The van der Waals surface area contributed by atoms with Crippen molar-refractivity contribution >= 4 is 5.91 Å². The van der Waals surface area contributed by atoms with E-state index in [1.54, 1.807) is 4.90 Å². The Morgan fingerprint density at radius 1 is 1.32 bits per heavy atom. The molecule has 3 heterocycles. The van der Waals surface area contributed by atoms with Crippen LogP contribution in [0.5, 0.6) is 11.5 Å². The number of rotatable bonds is 5. The predicted molar refractivity (Wildman–Crippen MR) is 100 cm³/mol. The Labute approximate surface area is 164 Å². The SMILES string of the molecule is CC1(C)Cc2cccc(OCC(=O)N3CCCC3c3nc(C4CC4)no3)c2O1. The topological polar surface area (TPSA) is 77.7 Å². The summed E-state index contributed by atoms with van der Waals surface area (Å²) in [5, 5.41) is 4.09. The molecule has 2 fully saturated rings. The van der Waals surface area contributed by atoms with E-state index in [0.717, 1.165) is 49.2 Å². The Morgan fingerprint density at radius 3 is 3.00 bits per heavy atom. The third-order valence-electron chi connectivity index (χ3n) is 5.66. The number of hydrogen-bond acceptors (Lipinski definition) is 6. The molecule has 1 atom stereocenters. The molecule has 0 radical (unpaired) electrons. The molecule has 1 saturated carbocycles. The summed E-state index contributed by atoms with van der Waals surface area (Å²) >= 11 is 0. The number of nitrogens with zero attached hydrogens (tertiary/aromatic N) is 3. The van der Waals surface area contributed by atoms with Crippen LogP contribution >= 0.6 is 0 Å². The number of carbonyl (C=O) groups is 1. The van der Waals surface area contributed by atoms with Crippen molar-refractivity contribution in [2.45, 2.75) is 63.5 Å². The molecule has 1 unspecified atom stereocenters. The fourth-order valence-corrected chi connectivity index (χ4v) is 4.14. The lowest BCUT2D eigenvalue weighted by Gasteiger charge is -2.22. The molecular weight excluding hydrogens is 358 g/mol. The molecule has 1 aromatic heterocycles. The van der Waals surface area contributed by atoms with Crippen LogP contribution < -0.4 is 9.47 Å². The van der Waals surface area contributed by atoms with Crippen molar-refractivity contribution in [1.29, 1.82) is 0 Å². The molecule has 0 N–H and O–H groups in total. The fraction of sp³-hybridized carbons (Fsp3) is 0.571. The third kappa shape index (κ3) is 3.23. The van der Waals surface area contributed by atoms with Gasteiger partial charge in [-0.15, -0.1) is 0 Å². The van der Waals surface area contributed by atoms with Crippen LogP contribution in [-0.4, -0.2) is 39.7 Å². The zero-order chi connectivity index (χ0) is 19.3. The third-order valence-corrected chi connectivity index (χ3v) is 5.66. The minimum absolute atomic E-state index is 0.0274. The first kappa shape index (κ1) is 17.5. The fourth-order valence-electron chi connectivity index (χ4n) is 4.14. The van der Waals surface area contributed by atoms with Gasteiger partial charge in [-0.1, -0.05) is 17.3 Å². The Kier molecular flexibility index (Phi) is 4.07. The average Bonchev–Trinajstić information content (AvgIpc) is 3.07. The van der Waals surface area contributed by atoms with E-state index in [2.05, 4.69) is 24.0 Å². The second-order valence-electron chi connectivity index (χ2n) is 8.58. The number of ether oxygens (including phenoxy) is 2. The van der Waals surface area contributed by atoms with Gasteiger partial charge in [-0.05, 0) is 45.6 Å². The van der Waals surface area contributed by atoms with Gasteiger partial charge >= 0.3 is 0 Å². The molecule has 1 aliphatic carbocycles. The van der Waals surface area contributed by atoms with Gasteiger partial charge in [0.2, 0.25) is 5.89 Å². The van der Waals surface area contributed by atoms with Crippen molar-refractivity contribution < 1.29 is 18.8 Å². The summed E-state index contributed by atoms with van der Waals surface area (Å²) in [6.45, 7) is 4.76. The van der Waals surface area contributed by atoms with Gasteiger partial charge in [0.1, 0.15) is 11.6 Å². The summed E-state index contributed by atoms with van der Waals surface area (Å²) < 4.78 is 17.4. The lowest BCUT2D eigenvalue weighted by molar-refractivity contribution is -0.134. The maximum Gasteiger partial charge on any atom is 0.261 e. The standard InChI is InChI=1S/C21H25N3O4/c1-21(2)11-14-5-3-7-16(18(14)27-21)26-12-17(25)24-10-4-6-15(24)20-22-19(23-28-20)13-8-9-13/h3,5,7,13,15H,4,6,8-12H2,1-2H3. The molecule has 1 aromatic carbocycles. The second-order valence-corrected chi connectivity index (χ2v) is 8.58. The highest BCUT2D eigenvalue weighted by molar-refractivity contribution is 5.78. The second kappa shape index (κ2) is 6.50. The molecular formula is C21H25N3O4. The Morgan fingerprint density at radius 2 is 2.18 bits per heavy atom. The average molecular weight is 383 g/mol. The molecule has 7 nitrogen and oxygen atoms in total. The summed E-state index contributed by atoms with van der Waals surface area (Å²) in [5.74, 6) is 3.09. The molecule has 7 heteroatoms.